The smallest absolute Gasteiger partial charge is 0.471 e. The molecule has 0 spiro atoms. The van der Waals surface area contributed by atoms with Crippen LogP contribution in [0.4, 0.5) is 13.2 Å². The monoisotopic (exact) mass is 581 g/mol. The molecule has 1 fully saturated rings. The summed E-state index contributed by atoms with van der Waals surface area (Å²) in [6.45, 7) is 0.484. The third kappa shape index (κ3) is 4.85. The molecule has 6 N–H and O–H groups in total. The van der Waals surface area contributed by atoms with E-state index < -0.39 is 108 Å². The van der Waals surface area contributed by atoms with Gasteiger partial charge in [-0.05, 0) is 6.92 Å². The van der Waals surface area contributed by atoms with Crippen molar-refractivity contribution in [3.05, 3.63) is 57.6 Å². The van der Waals surface area contributed by atoms with E-state index in [1.165, 1.54) is 31.2 Å². The van der Waals surface area contributed by atoms with E-state index in [4.69, 9.17) is 9.47 Å². The Morgan fingerprint density at radius 1 is 1.12 bits per heavy atom. The van der Waals surface area contributed by atoms with E-state index >= 15 is 0 Å². The third-order valence-corrected chi connectivity index (χ3v) is 7.74. The molecule has 0 bridgehead atoms. The highest BCUT2D eigenvalue weighted by atomic mass is 19.4. The van der Waals surface area contributed by atoms with Crippen molar-refractivity contribution in [1.29, 1.82) is 0 Å². The van der Waals surface area contributed by atoms with Gasteiger partial charge in [-0.25, -0.2) is 0 Å². The van der Waals surface area contributed by atoms with Gasteiger partial charge in [-0.15, -0.1) is 0 Å². The van der Waals surface area contributed by atoms with Crippen LogP contribution < -0.4 is 5.32 Å². The van der Waals surface area contributed by atoms with E-state index in [9.17, 15) is 53.1 Å². The van der Waals surface area contributed by atoms with Crippen molar-refractivity contribution in [2.45, 2.75) is 68.6 Å². The Balaban J connectivity index is 1.55. The number of aromatic hydroxyl groups is 2. The molecule has 3 aliphatic rings. The van der Waals surface area contributed by atoms with Crippen LogP contribution in [0.15, 0.2) is 24.3 Å². The van der Waals surface area contributed by atoms with Crippen LogP contribution >= 0.6 is 0 Å². The second kappa shape index (κ2) is 10.1. The van der Waals surface area contributed by atoms with E-state index in [1.807, 2.05) is 0 Å². The molecule has 2 aliphatic carbocycles. The average Bonchev–Trinajstić information content (AvgIpc) is 2.91. The van der Waals surface area contributed by atoms with Gasteiger partial charge in [0, 0.05) is 41.5 Å². The Morgan fingerprint density at radius 3 is 2.27 bits per heavy atom. The number of amides is 1. The summed E-state index contributed by atoms with van der Waals surface area (Å²) < 4.78 is 50.0. The second-order valence-electron chi connectivity index (χ2n) is 10.5. The van der Waals surface area contributed by atoms with E-state index in [2.05, 4.69) is 0 Å². The van der Waals surface area contributed by atoms with Crippen LogP contribution in [0.5, 0.6) is 11.5 Å². The SMILES string of the molecule is C[C@@H]1O[C@@H](O[C@H]2C[C@](O)(CO)Cc3c(O)c4c(c(O)c32)C(=O)c2ccccc2C4=O)C[C@H](NC(=O)C(F)(F)F)[C@H]1O. The molecule has 1 amide bonds. The van der Waals surface area contributed by atoms with Crippen molar-refractivity contribution in [1.82, 2.24) is 5.32 Å². The standard InChI is InChI=1S/C27H26F3NO10/c1-10-20(33)14(31-25(38)27(28,29)30)6-16(40-10)41-15-8-26(39,9-32)7-13-17(15)24(37)19-18(23(13)36)21(34)11-4-2-3-5-12(11)22(19)35/h2-5,10,14-16,20,32-33,36-37,39H,6-9H2,1H3,(H,31,38)/t10-,14-,15-,16-,20-,26-/m0/s1. The van der Waals surface area contributed by atoms with Gasteiger partial charge in [-0.3, -0.25) is 14.4 Å². The van der Waals surface area contributed by atoms with Crippen LogP contribution in [0.1, 0.15) is 68.8 Å². The number of carbonyl (C=O) groups excluding carboxylic acids is 3. The first-order valence-electron chi connectivity index (χ1n) is 12.7. The molecule has 41 heavy (non-hydrogen) atoms. The van der Waals surface area contributed by atoms with Crippen molar-refractivity contribution in [3.8, 4) is 11.5 Å². The first-order valence-corrected chi connectivity index (χ1v) is 12.7. The first kappa shape index (κ1) is 29.0. The number of rotatable bonds is 4. The van der Waals surface area contributed by atoms with Gasteiger partial charge < -0.3 is 40.3 Å². The highest BCUT2D eigenvalue weighted by molar-refractivity contribution is 6.30. The predicted molar refractivity (Wildman–Crippen MR) is 130 cm³/mol. The largest absolute Gasteiger partial charge is 0.507 e. The number of ketones is 2. The van der Waals surface area contributed by atoms with Crippen molar-refractivity contribution < 1.29 is 62.6 Å². The number of carbonyl (C=O) groups is 3. The summed E-state index contributed by atoms with van der Waals surface area (Å²) in [7, 11) is 0. The van der Waals surface area contributed by atoms with Crippen LogP contribution in [0.25, 0.3) is 0 Å². The molecule has 1 aliphatic heterocycles. The van der Waals surface area contributed by atoms with Crippen molar-refractivity contribution >= 4 is 17.5 Å². The van der Waals surface area contributed by atoms with E-state index in [-0.39, 0.29) is 22.3 Å². The summed E-state index contributed by atoms with van der Waals surface area (Å²) in [6.07, 6.45) is -12.1. The van der Waals surface area contributed by atoms with Gasteiger partial charge >= 0.3 is 12.1 Å². The lowest BCUT2D eigenvalue weighted by Gasteiger charge is -2.43. The van der Waals surface area contributed by atoms with Gasteiger partial charge in [0.25, 0.3) is 0 Å². The molecule has 0 aromatic heterocycles. The molecule has 0 radical (unpaired) electrons. The fourth-order valence-corrected chi connectivity index (χ4v) is 5.71. The zero-order valence-electron chi connectivity index (χ0n) is 21.4. The number of hydrogen-bond acceptors (Lipinski definition) is 10. The maximum atomic E-state index is 13.4. The number of ether oxygens (including phenoxy) is 2. The molecular weight excluding hydrogens is 555 g/mol. The molecule has 1 saturated heterocycles. The fourth-order valence-electron chi connectivity index (χ4n) is 5.71. The predicted octanol–water partition coefficient (Wildman–Crippen LogP) is 1.14. The number of aliphatic hydroxyl groups excluding tert-OH is 2. The number of nitrogens with one attached hydrogen (secondary N) is 1. The highest BCUT2D eigenvalue weighted by Crippen LogP contribution is 2.51. The Labute approximate surface area is 230 Å². The van der Waals surface area contributed by atoms with Gasteiger partial charge in [0.1, 0.15) is 17.6 Å². The molecule has 6 atom stereocenters. The van der Waals surface area contributed by atoms with Gasteiger partial charge in [0.05, 0.1) is 41.6 Å². The van der Waals surface area contributed by atoms with Gasteiger partial charge in [-0.1, -0.05) is 24.3 Å². The summed E-state index contributed by atoms with van der Waals surface area (Å²) >= 11 is 0. The summed E-state index contributed by atoms with van der Waals surface area (Å²) in [5.41, 5.74) is -3.29. The number of aliphatic hydroxyl groups is 3. The fraction of sp³-hybridized carbons (Fsp3) is 0.444. The number of phenolic OH excluding ortho intramolecular Hbond substituents is 2. The molecule has 11 nitrogen and oxygen atoms in total. The molecule has 14 heteroatoms. The number of benzene rings is 2. The lowest BCUT2D eigenvalue weighted by molar-refractivity contribution is -0.252. The highest BCUT2D eigenvalue weighted by Gasteiger charge is 2.48. The summed E-state index contributed by atoms with van der Waals surface area (Å²) in [5, 5.41) is 55.5. The Hall–Kier alpha value is -3.56. The lowest BCUT2D eigenvalue weighted by atomic mass is 9.73. The molecule has 0 unspecified atom stereocenters. The zero-order valence-corrected chi connectivity index (χ0v) is 21.4. The summed E-state index contributed by atoms with van der Waals surface area (Å²) in [6, 6.07) is 4.34. The van der Waals surface area contributed by atoms with Crippen LogP contribution in [0.3, 0.4) is 0 Å². The molecule has 0 saturated carbocycles. The number of halogens is 3. The number of fused-ring (bicyclic) bond motifs is 3. The maximum absolute atomic E-state index is 13.4. The van der Waals surface area contributed by atoms with Gasteiger partial charge in [0.2, 0.25) is 0 Å². The first-order chi connectivity index (χ1) is 19.2. The minimum absolute atomic E-state index is 0.00391. The van der Waals surface area contributed by atoms with Crippen LogP contribution in [-0.2, 0) is 20.7 Å². The van der Waals surface area contributed by atoms with Crippen LogP contribution in [-0.4, -0.2) is 85.9 Å². The second-order valence-corrected chi connectivity index (χ2v) is 10.5. The lowest BCUT2D eigenvalue weighted by Crippen LogP contribution is -2.57. The quantitative estimate of drug-likeness (QED) is 0.245. The number of phenols is 2. The van der Waals surface area contributed by atoms with E-state index in [1.54, 1.807) is 5.32 Å². The Kier molecular flexibility index (Phi) is 7.11. The minimum atomic E-state index is -5.22. The zero-order chi connectivity index (χ0) is 30.0. The maximum Gasteiger partial charge on any atom is 0.471 e. The Morgan fingerprint density at radius 2 is 1.71 bits per heavy atom. The third-order valence-electron chi connectivity index (χ3n) is 7.74. The Bertz CT molecular complexity index is 1440. The number of hydrogen-bond donors (Lipinski definition) is 6. The summed E-state index contributed by atoms with van der Waals surface area (Å²) in [5.74, 6) is -5.21. The van der Waals surface area contributed by atoms with Crippen molar-refractivity contribution in [2.75, 3.05) is 6.61 Å². The number of alkyl halides is 3. The van der Waals surface area contributed by atoms with Crippen LogP contribution in [0, 0.1) is 0 Å². The summed E-state index contributed by atoms with van der Waals surface area (Å²) in [4.78, 5) is 38.2. The van der Waals surface area contributed by atoms with E-state index in [0.29, 0.717) is 0 Å². The molecule has 2 aromatic carbocycles. The van der Waals surface area contributed by atoms with Gasteiger partial charge in [-0.2, -0.15) is 13.2 Å². The van der Waals surface area contributed by atoms with E-state index in [0.717, 1.165) is 0 Å². The molecular formula is C27H26F3NO10. The van der Waals surface area contributed by atoms with Crippen molar-refractivity contribution in [3.63, 3.8) is 0 Å². The molecule has 5 rings (SSSR count). The molecule has 220 valence electrons. The molecule has 1 heterocycles. The topological polar surface area (TPSA) is 183 Å². The van der Waals surface area contributed by atoms with Crippen molar-refractivity contribution in [2.24, 2.45) is 0 Å². The minimum Gasteiger partial charge on any atom is -0.507 e. The van der Waals surface area contributed by atoms with Crippen LogP contribution in [0.2, 0.25) is 0 Å². The van der Waals surface area contributed by atoms with Gasteiger partial charge in [0.15, 0.2) is 17.9 Å². The normalized spacial score (nSPS) is 29.4. The average molecular weight is 581 g/mol. The molecule has 2 aromatic rings.